The van der Waals surface area contributed by atoms with E-state index in [-0.39, 0.29) is 5.91 Å². The van der Waals surface area contributed by atoms with E-state index in [9.17, 15) is 4.79 Å². The monoisotopic (exact) mass is 353 g/mol. The second-order valence-corrected chi connectivity index (χ2v) is 5.68. The van der Waals surface area contributed by atoms with Crippen molar-refractivity contribution in [2.24, 2.45) is 0 Å². The molecule has 1 atom stereocenters. The first-order chi connectivity index (χ1) is 11.0. The lowest BCUT2D eigenvalue weighted by Gasteiger charge is -2.15. The summed E-state index contributed by atoms with van der Waals surface area (Å²) in [6.45, 7) is 2.41. The fourth-order valence-electron chi connectivity index (χ4n) is 1.82. The van der Waals surface area contributed by atoms with Crippen molar-refractivity contribution in [2.75, 3.05) is 13.2 Å². The lowest BCUT2D eigenvalue weighted by atomic mass is 10.3. The maximum Gasteiger partial charge on any atom is 0.260 e. The predicted molar refractivity (Wildman–Crippen MR) is 91.5 cm³/mol. The number of amides is 1. The summed E-state index contributed by atoms with van der Waals surface area (Å²) in [6.07, 6.45) is -0.621. The molecule has 0 bridgehead atoms. The van der Waals surface area contributed by atoms with Crippen LogP contribution in [0.4, 0.5) is 0 Å². The summed E-state index contributed by atoms with van der Waals surface area (Å²) in [5.74, 6) is 1.04. The van der Waals surface area contributed by atoms with E-state index in [1.807, 2.05) is 0 Å². The van der Waals surface area contributed by atoms with Crippen LogP contribution in [0.1, 0.15) is 6.92 Å². The van der Waals surface area contributed by atoms with Crippen LogP contribution in [0, 0.1) is 0 Å². The molecule has 2 rings (SSSR count). The quantitative estimate of drug-likeness (QED) is 0.766. The molecule has 6 heteroatoms. The summed E-state index contributed by atoms with van der Waals surface area (Å²) in [5, 5.41) is 3.96. The van der Waals surface area contributed by atoms with Crippen LogP contribution in [0.5, 0.6) is 11.5 Å². The molecule has 0 saturated heterocycles. The average molecular weight is 354 g/mol. The van der Waals surface area contributed by atoms with Crippen molar-refractivity contribution >= 4 is 29.1 Å². The Hall–Kier alpha value is -1.91. The van der Waals surface area contributed by atoms with Crippen LogP contribution in [0.25, 0.3) is 0 Å². The molecule has 0 saturated carbocycles. The maximum atomic E-state index is 11.9. The highest BCUT2D eigenvalue weighted by atomic mass is 35.5. The topological polar surface area (TPSA) is 47.6 Å². The van der Waals surface area contributed by atoms with Crippen LogP contribution in [0.15, 0.2) is 48.5 Å². The van der Waals surface area contributed by atoms with Crippen LogP contribution in [-0.2, 0) is 4.79 Å². The van der Waals surface area contributed by atoms with Gasteiger partial charge in [0.05, 0.1) is 6.54 Å². The van der Waals surface area contributed by atoms with Gasteiger partial charge in [-0.05, 0) is 49.4 Å². The van der Waals surface area contributed by atoms with Gasteiger partial charge in [0.2, 0.25) is 0 Å². The Morgan fingerprint density at radius 1 is 1.09 bits per heavy atom. The molecule has 122 valence electrons. The van der Waals surface area contributed by atoms with Crippen LogP contribution in [0.3, 0.4) is 0 Å². The first-order valence-corrected chi connectivity index (χ1v) is 7.88. The second-order valence-electron chi connectivity index (χ2n) is 4.81. The highest BCUT2D eigenvalue weighted by Gasteiger charge is 2.14. The Bertz CT molecular complexity index is 647. The zero-order valence-corrected chi connectivity index (χ0v) is 14.1. The van der Waals surface area contributed by atoms with Crippen molar-refractivity contribution < 1.29 is 14.3 Å². The first-order valence-electron chi connectivity index (χ1n) is 7.13. The van der Waals surface area contributed by atoms with Gasteiger partial charge in [0.1, 0.15) is 18.1 Å². The van der Waals surface area contributed by atoms with E-state index in [1.54, 1.807) is 55.5 Å². The summed E-state index contributed by atoms with van der Waals surface area (Å²) in [6, 6.07) is 14.0. The molecule has 0 aliphatic heterocycles. The Balaban J connectivity index is 1.70. The third-order valence-corrected chi connectivity index (χ3v) is 3.45. The molecule has 0 fully saturated rings. The van der Waals surface area contributed by atoms with E-state index in [0.29, 0.717) is 34.7 Å². The minimum atomic E-state index is -0.621. The Morgan fingerprint density at radius 3 is 2.52 bits per heavy atom. The van der Waals surface area contributed by atoms with Gasteiger partial charge < -0.3 is 14.8 Å². The third kappa shape index (κ3) is 6.00. The highest BCUT2D eigenvalue weighted by molar-refractivity contribution is 6.30. The molecule has 4 nitrogen and oxygen atoms in total. The van der Waals surface area contributed by atoms with Crippen molar-refractivity contribution in [2.45, 2.75) is 13.0 Å². The maximum absolute atomic E-state index is 11.9. The molecule has 0 unspecified atom stereocenters. The first kappa shape index (κ1) is 17.4. The number of ether oxygens (including phenoxy) is 2. The number of hydrogen-bond acceptors (Lipinski definition) is 3. The Morgan fingerprint density at radius 2 is 1.83 bits per heavy atom. The largest absolute Gasteiger partial charge is 0.492 e. The van der Waals surface area contributed by atoms with Crippen LogP contribution in [-0.4, -0.2) is 25.2 Å². The summed E-state index contributed by atoms with van der Waals surface area (Å²) >= 11 is 11.7. The van der Waals surface area contributed by atoms with Crippen molar-refractivity contribution in [3.05, 3.63) is 58.6 Å². The average Bonchev–Trinajstić information content (AvgIpc) is 2.53. The van der Waals surface area contributed by atoms with Gasteiger partial charge in [-0.1, -0.05) is 29.3 Å². The molecular weight excluding hydrogens is 337 g/mol. The summed E-state index contributed by atoms with van der Waals surface area (Å²) in [7, 11) is 0. The predicted octanol–water partition coefficient (Wildman–Crippen LogP) is 3.96. The molecule has 1 N–H and O–H groups in total. The smallest absolute Gasteiger partial charge is 0.260 e. The lowest BCUT2D eigenvalue weighted by Crippen LogP contribution is -2.38. The van der Waals surface area contributed by atoms with Gasteiger partial charge in [0.25, 0.3) is 5.91 Å². The van der Waals surface area contributed by atoms with E-state index in [2.05, 4.69) is 5.32 Å². The lowest BCUT2D eigenvalue weighted by molar-refractivity contribution is -0.127. The summed E-state index contributed by atoms with van der Waals surface area (Å²) in [5.41, 5.74) is 0. The standard InChI is InChI=1S/C17H17Cl2NO3/c1-12(23-16-4-2-3-14(19)11-16)17(21)20-9-10-22-15-7-5-13(18)6-8-15/h2-8,11-12H,9-10H2,1H3,(H,20,21)/t12-/m1/s1. The number of rotatable bonds is 7. The molecule has 23 heavy (non-hydrogen) atoms. The normalized spacial score (nSPS) is 11.6. The van der Waals surface area contributed by atoms with Gasteiger partial charge in [0.15, 0.2) is 6.10 Å². The van der Waals surface area contributed by atoms with E-state index in [1.165, 1.54) is 0 Å². The Kier molecular flexibility index (Phi) is 6.56. The minimum Gasteiger partial charge on any atom is -0.492 e. The van der Waals surface area contributed by atoms with Gasteiger partial charge >= 0.3 is 0 Å². The van der Waals surface area contributed by atoms with Crippen LogP contribution in [0.2, 0.25) is 10.0 Å². The second kappa shape index (κ2) is 8.65. The zero-order valence-electron chi connectivity index (χ0n) is 12.6. The van der Waals surface area contributed by atoms with E-state index in [0.717, 1.165) is 0 Å². The number of halogens is 2. The minimum absolute atomic E-state index is 0.218. The molecular formula is C17H17Cl2NO3. The van der Waals surface area contributed by atoms with Gasteiger partial charge in [-0.25, -0.2) is 0 Å². The van der Waals surface area contributed by atoms with Gasteiger partial charge in [-0.3, -0.25) is 4.79 Å². The van der Waals surface area contributed by atoms with Gasteiger partial charge in [-0.15, -0.1) is 0 Å². The Labute approximate surface area is 145 Å². The van der Waals surface area contributed by atoms with E-state index < -0.39 is 6.10 Å². The van der Waals surface area contributed by atoms with Crippen LogP contribution >= 0.6 is 23.2 Å². The number of nitrogens with one attached hydrogen (secondary N) is 1. The van der Waals surface area contributed by atoms with Gasteiger partial charge in [0, 0.05) is 10.0 Å². The van der Waals surface area contributed by atoms with Crippen molar-refractivity contribution in [1.82, 2.24) is 5.32 Å². The van der Waals surface area contributed by atoms with Crippen molar-refractivity contribution in [3.63, 3.8) is 0 Å². The molecule has 0 heterocycles. The zero-order chi connectivity index (χ0) is 16.7. The molecule has 0 aliphatic carbocycles. The number of hydrogen-bond donors (Lipinski definition) is 1. The van der Waals surface area contributed by atoms with Crippen molar-refractivity contribution in [3.8, 4) is 11.5 Å². The SMILES string of the molecule is C[C@@H](Oc1cccc(Cl)c1)C(=O)NCCOc1ccc(Cl)cc1. The van der Waals surface area contributed by atoms with Gasteiger partial charge in [-0.2, -0.15) is 0 Å². The number of benzene rings is 2. The number of carbonyl (C=O) groups is 1. The highest BCUT2D eigenvalue weighted by Crippen LogP contribution is 2.18. The molecule has 0 spiro atoms. The van der Waals surface area contributed by atoms with E-state index >= 15 is 0 Å². The van der Waals surface area contributed by atoms with E-state index in [4.69, 9.17) is 32.7 Å². The molecule has 0 radical (unpaired) electrons. The fraction of sp³-hybridized carbons (Fsp3) is 0.235. The molecule has 0 aliphatic rings. The molecule has 2 aromatic carbocycles. The van der Waals surface area contributed by atoms with Crippen molar-refractivity contribution in [1.29, 1.82) is 0 Å². The fourth-order valence-corrected chi connectivity index (χ4v) is 2.12. The summed E-state index contributed by atoms with van der Waals surface area (Å²) in [4.78, 5) is 11.9. The molecule has 2 aromatic rings. The molecule has 0 aromatic heterocycles. The molecule has 1 amide bonds. The number of carbonyl (C=O) groups excluding carboxylic acids is 1. The van der Waals surface area contributed by atoms with Crippen LogP contribution < -0.4 is 14.8 Å². The third-order valence-electron chi connectivity index (χ3n) is 2.96. The summed E-state index contributed by atoms with van der Waals surface area (Å²) < 4.78 is 11.0.